The number of halogens is 1. The van der Waals surface area contributed by atoms with Crippen LogP contribution in [0.4, 0.5) is 4.39 Å². The topological polar surface area (TPSA) is 39.1 Å². The van der Waals surface area contributed by atoms with Gasteiger partial charge in [-0.15, -0.1) is 11.3 Å². The molecule has 3 nitrogen and oxygen atoms in total. The first-order chi connectivity index (χ1) is 10.4. The third-order valence-electron chi connectivity index (χ3n) is 3.35. The minimum atomic E-state index is -3.19. The van der Waals surface area contributed by atoms with E-state index in [-0.39, 0.29) is 5.82 Å². The molecule has 3 rings (SSSR count). The summed E-state index contributed by atoms with van der Waals surface area (Å²) in [6.07, 6.45) is 3.73. The van der Waals surface area contributed by atoms with Gasteiger partial charge in [-0.05, 0) is 42.5 Å². The fourth-order valence-electron chi connectivity index (χ4n) is 2.29. The lowest BCUT2D eigenvalue weighted by atomic mass is 10.2. The molecule has 2 heterocycles. The first kappa shape index (κ1) is 15.0. The fraction of sp³-hybridized carbons (Fsp3) is 0.125. The highest BCUT2D eigenvalue weighted by atomic mass is 32.2. The summed E-state index contributed by atoms with van der Waals surface area (Å²) in [5.74, 6) is -0.212. The number of rotatable bonds is 4. The molecule has 3 aromatic rings. The maximum absolute atomic E-state index is 13.1. The monoisotopic (exact) mass is 335 g/mol. The molecule has 0 unspecified atom stereocenters. The van der Waals surface area contributed by atoms with Crippen LogP contribution in [-0.4, -0.2) is 19.2 Å². The van der Waals surface area contributed by atoms with Gasteiger partial charge in [-0.25, -0.2) is 12.8 Å². The van der Waals surface area contributed by atoms with Crippen LogP contribution >= 0.6 is 11.3 Å². The quantitative estimate of drug-likeness (QED) is 0.730. The van der Waals surface area contributed by atoms with E-state index in [1.54, 1.807) is 24.3 Å². The third kappa shape index (κ3) is 3.13. The molecule has 0 fully saturated rings. The predicted molar refractivity (Wildman–Crippen MR) is 86.0 cm³/mol. The molecule has 0 spiro atoms. The molecule has 0 aliphatic rings. The van der Waals surface area contributed by atoms with E-state index in [0.717, 1.165) is 16.3 Å². The second-order valence-electron chi connectivity index (χ2n) is 5.04. The van der Waals surface area contributed by atoms with E-state index in [4.69, 9.17) is 0 Å². The van der Waals surface area contributed by atoms with Gasteiger partial charge in [0.25, 0.3) is 0 Å². The normalized spacial score (nSPS) is 11.7. The number of benzene rings is 1. The summed E-state index contributed by atoms with van der Waals surface area (Å²) >= 11 is 1.39. The van der Waals surface area contributed by atoms with Crippen molar-refractivity contribution in [3.05, 3.63) is 70.4 Å². The zero-order valence-electron chi connectivity index (χ0n) is 11.9. The van der Waals surface area contributed by atoms with Crippen LogP contribution in [0.25, 0.3) is 5.69 Å². The summed E-state index contributed by atoms with van der Waals surface area (Å²) < 4.78 is 38.1. The molecular formula is C16H14FNO2S2. The molecular weight excluding hydrogens is 321 g/mol. The Labute approximate surface area is 132 Å². The van der Waals surface area contributed by atoms with Gasteiger partial charge in [-0.2, -0.15) is 0 Å². The minimum Gasteiger partial charge on any atom is -0.321 e. The molecule has 1 aromatic carbocycles. The van der Waals surface area contributed by atoms with E-state index in [2.05, 4.69) is 0 Å². The van der Waals surface area contributed by atoms with Crippen LogP contribution < -0.4 is 0 Å². The van der Waals surface area contributed by atoms with Crippen molar-refractivity contribution in [3.8, 4) is 5.69 Å². The first-order valence-corrected chi connectivity index (χ1v) is 9.40. The van der Waals surface area contributed by atoms with Gasteiger partial charge in [0.2, 0.25) is 0 Å². The molecule has 0 bridgehead atoms. The average molecular weight is 335 g/mol. The summed E-state index contributed by atoms with van der Waals surface area (Å²) in [6.45, 7) is 0. The van der Waals surface area contributed by atoms with Crippen molar-refractivity contribution >= 4 is 21.2 Å². The summed E-state index contributed by atoms with van der Waals surface area (Å²) in [4.78, 5) is 1.25. The lowest BCUT2D eigenvalue weighted by molar-refractivity contribution is 0.602. The van der Waals surface area contributed by atoms with Crippen molar-refractivity contribution in [3.63, 3.8) is 0 Å². The number of thiophene rings is 1. The van der Waals surface area contributed by atoms with Crippen LogP contribution in [0.1, 0.15) is 10.6 Å². The van der Waals surface area contributed by atoms with Crippen molar-refractivity contribution in [2.24, 2.45) is 0 Å². The van der Waals surface area contributed by atoms with Crippen molar-refractivity contribution in [2.45, 2.75) is 11.3 Å². The van der Waals surface area contributed by atoms with E-state index >= 15 is 0 Å². The van der Waals surface area contributed by atoms with E-state index in [1.165, 1.54) is 29.0 Å². The van der Waals surface area contributed by atoms with Crippen molar-refractivity contribution in [2.75, 3.05) is 6.26 Å². The largest absolute Gasteiger partial charge is 0.321 e. The second-order valence-corrected chi connectivity index (χ2v) is 8.06. The minimum absolute atomic E-state index is 0.212. The van der Waals surface area contributed by atoms with E-state index in [9.17, 15) is 12.8 Å². The zero-order chi connectivity index (χ0) is 15.7. The van der Waals surface area contributed by atoms with Crippen LogP contribution in [-0.2, 0) is 16.3 Å². The summed E-state index contributed by atoms with van der Waals surface area (Å²) in [6, 6.07) is 12.2. The Morgan fingerprint density at radius 1 is 1.18 bits per heavy atom. The van der Waals surface area contributed by atoms with E-state index in [1.807, 2.05) is 22.9 Å². The van der Waals surface area contributed by atoms with Gasteiger partial charge in [0.05, 0.1) is 4.90 Å². The highest BCUT2D eigenvalue weighted by molar-refractivity contribution is 7.90. The van der Waals surface area contributed by atoms with Gasteiger partial charge in [-0.3, -0.25) is 0 Å². The van der Waals surface area contributed by atoms with Gasteiger partial charge >= 0.3 is 0 Å². The molecule has 22 heavy (non-hydrogen) atoms. The number of hydrogen-bond donors (Lipinski definition) is 0. The maximum Gasteiger partial charge on any atom is 0.175 e. The lowest BCUT2D eigenvalue weighted by Gasteiger charge is -2.09. The van der Waals surface area contributed by atoms with Crippen molar-refractivity contribution in [1.29, 1.82) is 0 Å². The van der Waals surface area contributed by atoms with Crippen molar-refractivity contribution < 1.29 is 12.8 Å². The fourth-order valence-corrected chi connectivity index (χ4v) is 3.67. The Balaban J connectivity index is 1.91. The third-order valence-corrected chi connectivity index (χ3v) is 5.39. The summed E-state index contributed by atoms with van der Waals surface area (Å²) in [5.41, 5.74) is 1.90. The predicted octanol–water partition coefficient (Wildman–Crippen LogP) is 3.67. The number of hydrogen-bond acceptors (Lipinski definition) is 3. The Morgan fingerprint density at radius 3 is 2.50 bits per heavy atom. The molecule has 0 atom stereocenters. The molecule has 0 aliphatic carbocycles. The van der Waals surface area contributed by atoms with Gasteiger partial charge in [0.1, 0.15) is 5.82 Å². The van der Waals surface area contributed by atoms with Gasteiger partial charge in [0.15, 0.2) is 9.84 Å². The molecule has 0 N–H and O–H groups in total. The van der Waals surface area contributed by atoms with Crippen LogP contribution in [0.2, 0.25) is 0 Å². The van der Waals surface area contributed by atoms with Gasteiger partial charge in [0, 0.05) is 40.5 Å². The van der Waals surface area contributed by atoms with Crippen LogP contribution in [0, 0.1) is 5.82 Å². The molecule has 0 saturated carbocycles. The van der Waals surface area contributed by atoms with E-state index in [0.29, 0.717) is 11.3 Å². The maximum atomic E-state index is 13.1. The van der Waals surface area contributed by atoms with Crippen molar-refractivity contribution in [1.82, 2.24) is 4.57 Å². The first-order valence-electron chi connectivity index (χ1n) is 6.63. The molecule has 0 radical (unpaired) electrons. The molecule has 2 aromatic heterocycles. The number of nitrogens with zero attached hydrogens (tertiary/aromatic N) is 1. The molecule has 6 heteroatoms. The van der Waals surface area contributed by atoms with Gasteiger partial charge in [-0.1, -0.05) is 0 Å². The molecule has 0 aliphatic heterocycles. The van der Waals surface area contributed by atoms with E-state index < -0.39 is 9.84 Å². The highest BCUT2D eigenvalue weighted by Gasteiger charge is 2.09. The highest BCUT2D eigenvalue weighted by Crippen LogP contribution is 2.21. The van der Waals surface area contributed by atoms with Crippen LogP contribution in [0.5, 0.6) is 0 Å². The SMILES string of the molecule is CS(=O)(=O)c1ccc(-n2cccc2Cc2cc(F)cs2)cc1. The smallest absolute Gasteiger partial charge is 0.175 e. The molecule has 0 amide bonds. The Morgan fingerprint density at radius 2 is 1.91 bits per heavy atom. The summed E-state index contributed by atoms with van der Waals surface area (Å²) in [7, 11) is -3.19. The standard InChI is InChI=1S/C16H14FNO2S2/c1-22(19,20)16-6-4-13(5-7-16)18-8-2-3-14(18)10-15-9-12(17)11-21-15/h2-9,11H,10H2,1H3. The Hall–Kier alpha value is -1.92. The lowest BCUT2D eigenvalue weighted by Crippen LogP contribution is -2.01. The van der Waals surface area contributed by atoms with Crippen LogP contribution in [0.15, 0.2) is 58.9 Å². The van der Waals surface area contributed by atoms with Crippen LogP contribution in [0.3, 0.4) is 0 Å². The Bertz CT molecular complexity index is 892. The van der Waals surface area contributed by atoms with Gasteiger partial charge < -0.3 is 4.57 Å². The average Bonchev–Trinajstić information content (AvgIpc) is 3.08. The number of sulfone groups is 1. The summed E-state index contributed by atoms with van der Waals surface area (Å²) in [5, 5.41) is 1.49. The zero-order valence-corrected chi connectivity index (χ0v) is 13.5. The second kappa shape index (κ2) is 5.70. The number of aromatic nitrogens is 1. The Kier molecular flexibility index (Phi) is 3.88. The molecule has 0 saturated heterocycles. The molecule has 114 valence electrons.